The Morgan fingerprint density at radius 3 is 2.58 bits per heavy atom. The van der Waals surface area contributed by atoms with Gasteiger partial charge in [-0.3, -0.25) is 9.59 Å². The SMILES string of the molecule is O=C(NCc1ccc(Cl)cc1)c1cn(-c2ccccc2I)c2ccc(C#CCO)cc2c1=O. The van der Waals surface area contributed by atoms with Crippen LogP contribution in [-0.4, -0.2) is 22.2 Å². The van der Waals surface area contributed by atoms with Gasteiger partial charge >= 0.3 is 0 Å². The molecular formula is C26H18ClIN2O3. The van der Waals surface area contributed by atoms with Gasteiger partial charge in [0.25, 0.3) is 5.91 Å². The van der Waals surface area contributed by atoms with Crippen LogP contribution in [0.4, 0.5) is 0 Å². The van der Waals surface area contributed by atoms with Gasteiger partial charge in [-0.15, -0.1) is 0 Å². The molecule has 3 aromatic carbocycles. The third-order valence-corrected chi connectivity index (χ3v) is 6.20. The number of aromatic nitrogens is 1. The molecule has 0 aliphatic heterocycles. The summed E-state index contributed by atoms with van der Waals surface area (Å²) in [5, 5.41) is 12.8. The predicted molar refractivity (Wildman–Crippen MR) is 139 cm³/mol. The molecule has 0 saturated carbocycles. The molecule has 7 heteroatoms. The van der Waals surface area contributed by atoms with Crippen molar-refractivity contribution in [2.24, 2.45) is 0 Å². The molecule has 0 spiro atoms. The Morgan fingerprint density at radius 2 is 1.85 bits per heavy atom. The maximum atomic E-state index is 13.3. The van der Waals surface area contributed by atoms with E-state index in [0.29, 0.717) is 21.5 Å². The topological polar surface area (TPSA) is 71.3 Å². The van der Waals surface area contributed by atoms with Crippen molar-refractivity contribution in [2.45, 2.75) is 6.54 Å². The van der Waals surface area contributed by atoms with Gasteiger partial charge in [0, 0.05) is 32.3 Å². The van der Waals surface area contributed by atoms with Gasteiger partial charge in [-0.25, -0.2) is 0 Å². The molecule has 4 aromatic rings. The van der Waals surface area contributed by atoms with Gasteiger partial charge in [0.2, 0.25) is 5.43 Å². The summed E-state index contributed by atoms with van der Waals surface area (Å²) < 4.78 is 2.82. The Bertz CT molecular complexity index is 1470. The number of nitrogens with zero attached hydrogens (tertiary/aromatic N) is 1. The number of amides is 1. The largest absolute Gasteiger partial charge is 0.384 e. The number of nitrogens with one attached hydrogen (secondary N) is 1. The zero-order valence-corrected chi connectivity index (χ0v) is 20.2. The Kier molecular flexibility index (Phi) is 7.14. The molecule has 0 bridgehead atoms. The van der Waals surface area contributed by atoms with Crippen molar-refractivity contribution < 1.29 is 9.90 Å². The van der Waals surface area contributed by atoms with Crippen LogP contribution in [0.25, 0.3) is 16.6 Å². The van der Waals surface area contributed by atoms with E-state index in [1.165, 1.54) is 0 Å². The second-order valence-electron chi connectivity index (χ2n) is 7.19. The molecule has 0 radical (unpaired) electrons. The Balaban J connectivity index is 1.83. The van der Waals surface area contributed by atoms with Gasteiger partial charge in [-0.2, -0.15) is 0 Å². The lowest BCUT2D eigenvalue weighted by Gasteiger charge is -2.15. The molecule has 0 unspecified atom stereocenters. The number of rotatable bonds is 4. The van der Waals surface area contributed by atoms with Crippen LogP contribution in [0.3, 0.4) is 0 Å². The first-order valence-electron chi connectivity index (χ1n) is 10.0. The van der Waals surface area contributed by atoms with Gasteiger partial charge in [0.1, 0.15) is 12.2 Å². The number of aliphatic hydroxyl groups excluding tert-OH is 1. The van der Waals surface area contributed by atoms with E-state index in [-0.39, 0.29) is 24.1 Å². The molecule has 0 saturated heterocycles. The molecule has 5 nitrogen and oxygen atoms in total. The van der Waals surface area contributed by atoms with Crippen LogP contribution in [0.5, 0.6) is 0 Å². The molecule has 4 rings (SSSR count). The summed E-state index contributed by atoms with van der Waals surface area (Å²) in [7, 11) is 0. The van der Waals surface area contributed by atoms with E-state index in [2.05, 4.69) is 39.7 Å². The fourth-order valence-corrected chi connectivity index (χ4v) is 4.21. The number of para-hydroxylation sites is 1. The maximum Gasteiger partial charge on any atom is 0.257 e. The highest BCUT2D eigenvalue weighted by atomic mass is 127. The molecular weight excluding hydrogens is 551 g/mol. The zero-order chi connectivity index (χ0) is 23.4. The second kappa shape index (κ2) is 10.2. The standard InChI is InChI=1S/C26H18ClIN2O3/c27-19-10-7-18(8-11-19)15-29-26(33)21-16-30(24-6-2-1-5-22(24)28)23-12-9-17(4-3-13-31)14-20(23)25(21)32/h1-2,5-12,14,16,31H,13,15H2,(H,29,33). The number of carbonyl (C=O) groups excluding carboxylic acids is 1. The average molecular weight is 569 g/mol. The maximum absolute atomic E-state index is 13.3. The number of hydrogen-bond donors (Lipinski definition) is 2. The molecule has 0 fully saturated rings. The van der Waals surface area contributed by atoms with Crippen molar-refractivity contribution in [1.29, 1.82) is 0 Å². The highest BCUT2D eigenvalue weighted by molar-refractivity contribution is 14.1. The number of benzene rings is 3. The van der Waals surface area contributed by atoms with Crippen LogP contribution < -0.4 is 10.7 Å². The van der Waals surface area contributed by atoms with Crippen LogP contribution in [-0.2, 0) is 6.54 Å². The van der Waals surface area contributed by atoms with Crippen LogP contribution in [0, 0.1) is 15.4 Å². The van der Waals surface area contributed by atoms with E-state index in [1.807, 2.05) is 41.0 Å². The average Bonchev–Trinajstić information content (AvgIpc) is 2.83. The van der Waals surface area contributed by atoms with E-state index in [4.69, 9.17) is 16.7 Å². The molecule has 33 heavy (non-hydrogen) atoms. The lowest BCUT2D eigenvalue weighted by molar-refractivity contribution is 0.0949. The van der Waals surface area contributed by atoms with Crippen molar-refractivity contribution in [3.05, 3.63) is 108 Å². The minimum absolute atomic E-state index is 0.0309. The first-order chi connectivity index (χ1) is 16.0. The second-order valence-corrected chi connectivity index (χ2v) is 8.79. The molecule has 1 amide bonds. The van der Waals surface area contributed by atoms with Crippen molar-refractivity contribution in [2.75, 3.05) is 6.61 Å². The first-order valence-corrected chi connectivity index (χ1v) is 11.5. The van der Waals surface area contributed by atoms with E-state index >= 15 is 0 Å². The molecule has 164 valence electrons. The van der Waals surface area contributed by atoms with E-state index < -0.39 is 5.91 Å². The third kappa shape index (κ3) is 5.11. The predicted octanol–water partition coefficient (Wildman–Crippen LogP) is 4.52. The number of hydrogen-bond acceptors (Lipinski definition) is 3. The molecule has 1 aromatic heterocycles. The van der Waals surface area contributed by atoms with Crippen molar-refractivity contribution in [3.8, 4) is 17.5 Å². The normalized spacial score (nSPS) is 10.5. The summed E-state index contributed by atoms with van der Waals surface area (Å²) >= 11 is 8.15. The number of carbonyl (C=O) groups is 1. The Labute approximate surface area is 209 Å². The number of halogens is 2. The summed E-state index contributed by atoms with van der Waals surface area (Å²) in [5.41, 5.74) is 2.61. The highest BCUT2D eigenvalue weighted by Gasteiger charge is 2.17. The molecule has 1 heterocycles. The highest BCUT2D eigenvalue weighted by Crippen LogP contribution is 2.23. The van der Waals surface area contributed by atoms with Crippen molar-refractivity contribution in [3.63, 3.8) is 0 Å². The van der Waals surface area contributed by atoms with Gasteiger partial charge < -0.3 is 15.0 Å². The molecule has 0 aliphatic rings. The van der Waals surface area contributed by atoms with E-state index in [9.17, 15) is 9.59 Å². The smallest absolute Gasteiger partial charge is 0.257 e. The first kappa shape index (κ1) is 23.1. The summed E-state index contributed by atoms with van der Waals surface area (Å²) in [4.78, 5) is 26.4. The van der Waals surface area contributed by atoms with Crippen molar-refractivity contribution >= 4 is 51.0 Å². The Morgan fingerprint density at radius 1 is 1.09 bits per heavy atom. The van der Waals surface area contributed by atoms with Gasteiger partial charge in [0.05, 0.1) is 11.2 Å². The molecule has 0 atom stereocenters. The van der Waals surface area contributed by atoms with Crippen LogP contribution in [0.1, 0.15) is 21.5 Å². The lowest BCUT2D eigenvalue weighted by Crippen LogP contribution is -2.29. The van der Waals surface area contributed by atoms with Gasteiger partial charge in [-0.1, -0.05) is 47.7 Å². The minimum Gasteiger partial charge on any atom is -0.384 e. The monoisotopic (exact) mass is 568 g/mol. The summed E-state index contributed by atoms with van der Waals surface area (Å²) in [6.45, 7) is -0.0179. The third-order valence-electron chi connectivity index (χ3n) is 5.04. The van der Waals surface area contributed by atoms with Crippen molar-refractivity contribution in [1.82, 2.24) is 9.88 Å². The minimum atomic E-state index is -0.469. The molecule has 2 N–H and O–H groups in total. The van der Waals surface area contributed by atoms with Gasteiger partial charge in [0.15, 0.2) is 0 Å². The molecule has 0 aliphatic carbocycles. The van der Waals surface area contributed by atoms with Crippen LogP contribution >= 0.6 is 34.2 Å². The number of aliphatic hydroxyl groups is 1. The van der Waals surface area contributed by atoms with Crippen LogP contribution in [0.2, 0.25) is 5.02 Å². The number of fused-ring (bicyclic) bond motifs is 1. The summed E-state index contributed by atoms with van der Waals surface area (Å²) in [5.74, 6) is 4.94. The van der Waals surface area contributed by atoms with Gasteiger partial charge in [-0.05, 0) is 70.6 Å². The van der Waals surface area contributed by atoms with E-state index in [0.717, 1.165) is 14.8 Å². The van der Waals surface area contributed by atoms with Crippen LogP contribution in [0.15, 0.2) is 77.7 Å². The fraction of sp³-hybridized carbons (Fsp3) is 0.0769. The summed E-state index contributed by atoms with van der Waals surface area (Å²) in [6, 6.07) is 20.1. The number of pyridine rings is 1. The zero-order valence-electron chi connectivity index (χ0n) is 17.3. The lowest BCUT2D eigenvalue weighted by atomic mass is 10.1. The quantitative estimate of drug-likeness (QED) is 0.281. The van der Waals surface area contributed by atoms with E-state index in [1.54, 1.807) is 36.5 Å². The summed E-state index contributed by atoms with van der Waals surface area (Å²) in [6.07, 6.45) is 1.58. The Hall–Kier alpha value is -3.12. The fourth-order valence-electron chi connectivity index (χ4n) is 3.44.